The summed E-state index contributed by atoms with van der Waals surface area (Å²) in [5, 5.41) is 0. The van der Waals surface area contributed by atoms with Crippen molar-refractivity contribution in [2.24, 2.45) is 10.8 Å². The summed E-state index contributed by atoms with van der Waals surface area (Å²) in [6, 6.07) is 19.0. The van der Waals surface area contributed by atoms with E-state index in [1.807, 2.05) is 55.5 Å². The Balaban J connectivity index is 1.48. The first-order valence-corrected chi connectivity index (χ1v) is 18.0. The summed E-state index contributed by atoms with van der Waals surface area (Å²) < 4.78 is 30.7. The molecule has 3 aliphatic rings. The molecule has 6 nitrogen and oxygen atoms in total. The highest BCUT2D eigenvalue weighted by molar-refractivity contribution is 9.10. The summed E-state index contributed by atoms with van der Waals surface area (Å²) in [6.45, 7) is 14.1. The van der Waals surface area contributed by atoms with Crippen molar-refractivity contribution in [3.63, 3.8) is 0 Å². The van der Waals surface area contributed by atoms with E-state index in [0.29, 0.717) is 53.6 Å². The van der Waals surface area contributed by atoms with Crippen molar-refractivity contribution in [2.75, 3.05) is 9.62 Å². The van der Waals surface area contributed by atoms with E-state index in [0.717, 1.165) is 32.7 Å². The molecule has 46 heavy (non-hydrogen) atoms. The van der Waals surface area contributed by atoms with Gasteiger partial charge in [-0.1, -0.05) is 73.5 Å². The Morgan fingerprint density at radius 3 is 1.70 bits per heavy atom. The molecule has 2 aliphatic carbocycles. The largest absolute Gasteiger partial charge is 0.317 e. The van der Waals surface area contributed by atoms with Gasteiger partial charge in [0.15, 0.2) is 11.6 Å². The molecule has 0 bridgehead atoms. The quantitative estimate of drug-likeness (QED) is 0.287. The molecule has 1 heterocycles. The van der Waals surface area contributed by atoms with Gasteiger partial charge in [0, 0.05) is 57.1 Å². The maximum Gasteiger partial charge on any atom is 0.262 e. The number of hydrogen-bond acceptors (Lipinski definition) is 5. The molecule has 240 valence electrons. The summed E-state index contributed by atoms with van der Waals surface area (Å²) in [4.78, 5) is 30.8. The summed E-state index contributed by atoms with van der Waals surface area (Å²) in [5.74, 6) is -0.411. The first-order valence-electron chi connectivity index (χ1n) is 15.8. The zero-order valence-corrected chi connectivity index (χ0v) is 29.9. The van der Waals surface area contributed by atoms with E-state index in [1.165, 1.54) is 0 Å². The molecule has 6 rings (SSSR count). The van der Waals surface area contributed by atoms with Gasteiger partial charge in [0.2, 0.25) is 0 Å². The van der Waals surface area contributed by atoms with Gasteiger partial charge in [-0.2, -0.15) is 0 Å². The monoisotopic (exact) mass is 700 g/mol. The molecule has 0 atom stereocenters. The van der Waals surface area contributed by atoms with Crippen LogP contribution in [-0.2, 0) is 19.6 Å². The van der Waals surface area contributed by atoms with Gasteiger partial charge in [-0.15, -0.1) is 0 Å². The third-order valence-electron chi connectivity index (χ3n) is 9.36. The maximum absolute atomic E-state index is 14.1. The van der Waals surface area contributed by atoms with Gasteiger partial charge < -0.3 is 4.90 Å². The first-order chi connectivity index (χ1) is 21.5. The number of carbonyl (C=O) groups is 2. The Bertz CT molecular complexity index is 1880. The summed E-state index contributed by atoms with van der Waals surface area (Å²) in [6.07, 6.45) is 2.18. The number of halogens is 1. The maximum atomic E-state index is 14.1. The van der Waals surface area contributed by atoms with Crippen LogP contribution in [0.25, 0.3) is 0 Å². The second kappa shape index (κ2) is 11.3. The highest BCUT2D eigenvalue weighted by atomic mass is 79.9. The predicted octanol–water partition coefficient (Wildman–Crippen LogP) is 9.07. The number of Topliss-reactive ketones (excluding diaryl/α,β-unsaturated/α-hetero) is 2. The highest BCUT2D eigenvalue weighted by Gasteiger charge is 2.49. The van der Waals surface area contributed by atoms with E-state index in [2.05, 4.69) is 53.2 Å². The molecule has 0 radical (unpaired) electrons. The number of anilines is 2. The van der Waals surface area contributed by atoms with E-state index >= 15 is 0 Å². The van der Waals surface area contributed by atoms with Crippen molar-refractivity contribution >= 4 is 48.9 Å². The SMILES string of the molecule is Cc1cc(C)c(S(=O)(=O)Nc2ccc(C3C4=C(CC(C)(C)CC4=O)N(c4ccc(Br)cc4)C4=C3C(=O)CC(C)(C)C4)cc2)c(C)c1. The predicted molar refractivity (Wildman–Crippen MR) is 187 cm³/mol. The van der Waals surface area contributed by atoms with Crippen molar-refractivity contribution < 1.29 is 18.0 Å². The van der Waals surface area contributed by atoms with E-state index < -0.39 is 15.9 Å². The molecule has 3 aromatic carbocycles. The Morgan fingerprint density at radius 1 is 0.739 bits per heavy atom. The molecule has 0 spiro atoms. The van der Waals surface area contributed by atoms with Crippen LogP contribution < -0.4 is 9.62 Å². The zero-order chi connectivity index (χ0) is 33.3. The lowest BCUT2D eigenvalue weighted by Crippen LogP contribution is -2.44. The minimum absolute atomic E-state index is 0.0534. The highest BCUT2D eigenvalue weighted by Crippen LogP contribution is 2.55. The van der Waals surface area contributed by atoms with Crippen molar-refractivity contribution in [1.29, 1.82) is 0 Å². The number of hydrogen-bond donors (Lipinski definition) is 1. The lowest BCUT2D eigenvalue weighted by atomic mass is 9.63. The number of nitrogens with zero attached hydrogens (tertiary/aromatic N) is 1. The molecular weight excluding hydrogens is 660 g/mol. The van der Waals surface area contributed by atoms with Crippen LogP contribution in [0, 0.1) is 31.6 Å². The Hall–Kier alpha value is -3.49. The number of aryl methyl sites for hydroxylation is 3. The standard InChI is InChI=1S/C38H41BrN2O4S/c1-22-16-23(2)36(24(3)17-22)46(44,45)40-27-12-8-25(9-13-27)33-34-29(18-37(4,5)20-31(34)42)41(28-14-10-26(39)11-15-28)30-19-38(6,7)21-32(43)35(30)33/h8-17,33,40H,18-21H2,1-7H3. The van der Waals surface area contributed by atoms with E-state index in [9.17, 15) is 18.0 Å². The Morgan fingerprint density at radius 2 is 1.22 bits per heavy atom. The second-order valence-electron chi connectivity index (χ2n) is 14.8. The molecule has 0 saturated heterocycles. The third kappa shape index (κ3) is 5.90. The first kappa shape index (κ1) is 32.5. The van der Waals surface area contributed by atoms with Crippen LogP contribution in [0.15, 0.2) is 92.6 Å². The molecule has 0 aromatic heterocycles. The average molecular weight is 702 g/mol. The number of benzene rings is 3. The van der Waals surface area contributed by atoms with Crippen LogP contribution in [0.1, 0.15) is 81.5 Å². The molecule has 1 N–H and O–H groups in total. The fraction of sp³-hybridized carbons (Fsp3) is 0.368. The van der Waals surface area contributed by atoms with Crippen molar-refractivity contribution in [1.82, 2.24) is 0 Å². The molecule has 8 heteroatoms. The van der Waals surface area contributed by atoms with Crippen molar-refractivity contribution in [3.05, 3.63) is 110 Å². The average Bonchev–Trinajstić information content (AvgIpc) is 2.91. The lowest BCUT2D eigenvalue weighted by Gasteiger charge is -2.49. The molecular formula is C38H41BrN2O4S. The fourth-order valence-electron chi connectivity index (χ4n) is 7.74. The summed E-state index contributed by atoms with van der Waals surface area (Å²) >= 11 is 3.56. The van der Waals surface area contributed by atoms with E-state index in [1.54, 1.807) is 26.0 Å². The van der Waals surface area contributed by atoms with Gasteiger partial charge in [-0.25, -0.2) is 8.42 Å². The van der Waals surface area contributed by atoms with Gasteiger partial charge in [-0.3, -0.25) is 14.3 Å². The number of sulfonamides is 1. The second-order valence-corrected chi connectivity index (χ2v) is 17.3. The van der Waals surface area contributed by atoms with Gasteiger partial charge in [-0.05, 0) is 97.5 Å². The normalized spacial score (nSPS) is 19.7. The number of carbonyl (C=O) groups excluding carboxylic acids is 2. The van der Waals surface area contributed by atoms with Crippen molar-refractivity contribution in [3.8, 4) is 0 Å². The van der Waals surface area contributed by atoms with Crippen LogP contribution in [0.3, 0.4) is 0 Å². The minimum atomic E-state index is -3.84. The minimum Gasteiger partial charge on any atom is -0.317 e. The lowest BCUT2D eigenvalue weighted by molar-refractivity contribution is -0.119. The summed E-state index contributed by atoms with van der Waals surface area (Å²) in [7, 11) is -3.84. The number of rotatable bonds is 5. The Labute approximate surface area is 281 Å². The third-order valence-corrected chi connectivity index (χ3v) is 11.6. The van der Waals surface area contributed by atoms with Gasteiger partial charge in [0.1, 0.15) is 0 Å². The molecule has 1 aliphatic heterocycles. The topological polar surface area (TPSA) is 83.6 Å². The number of allylic oxidation sites excluding steroid dienone is 4. The van der Waals surface area contributed by atoms with E-state index in [-0.39, 0.29) is 27.3 Å². The smallest absolute Gasteiger partial charge is 0.262 e. The van der Waals surface area contributed by atoms with Crippen LogP contribution >= 0.6 is 15.9 Å². The van der Waals surface area contributed by atoms with Crippen LogP contribution in [-0.4, -0.2) is 20.0 Å². The number of nitrogens with one attached hydrogen (secondary N) is 1. The molecule has 0 saturated carbocycles. The van der Waals surface area contributed by atoms with Gasteiger partial charge in [0.05, 0.1) is 4.90 Å². The fourth-order valence-corrected chi connectivity index (χ4v) is 9.52. The molecule has 0 amide bonds. The van der Waals surface area contributed by atoms with E-state index in [4.69, 9.17) is 0 Å². The molecule has 0 unspecified atom stereocenters. The van der Waals surface area contributed by atoms with Gasteiger partial charge in [0.25, 0.3) is 10.0 Å². The molecule has 3 aromatic rings. The zero-order valence-electron chi connectivity index (χ0n) is 27.5. The molecule has 0 fully saturated rings. The van der Waals surface area contributed by atoms with Crippen LogP contribution in [0.2, 0.25) is 0 Å². The van der Waals surface area contributed by atoms with Crippen LogP contribution in [0.4, 0.5) is 11.4 Å². The van der Waals surface area contributed by atoms with Crippen LogP contribution in [0.5, 0.6) is 0 Å². The Kier molecular flexibility index (Phi) is 8.00. The van der Waals surface area contributed by atoms with Crippen molar-refractivity contribution in [2.45, 2.75) is 85.0 Å². The van der Waals surface area contributed by atoms with Gasteiger partial charge >= 0.3 is 0 Å². The summed E-state index contributed by atoms with van der Waals surface area (Å²) in [5.41, 5.74) is 7.32. The number of ketones is 2.